The summed E-state index contributed by atoms with van der Waals surface area (Å²) < 4.78 is 23.2. The quantitative estimate of drug-likeness (QED) is 0.476. The lowest BCUT2D eigenvalue weighted by atomic mass is 9.90. The van der Waals surface area contributed by atoms with Gasteiger partial charge < -0.3 is 14.4 Å². The van der Waals surface area contributed by atoms with Gasteiger partial charge in [-0.2, -0.15) is 5.10 Å². The van der Waals surface area contributed by atoms with Crippen LogP contribution in [-0.2, 0) is 22.6 Å². The normalized spacial score (nSPS) is 15.8. The minimum atomic E-state index is -0.942. The monoisotopic (exact) mass is 458 g/mol. The molecule has 2 aliphatic heterocycles. The summed E-state index contributed by atoms with van der Waals surface area (Å²) in [5, 5.41) is 14.6. The van der Waals surface area contributed by atoms with Crippen LogP contribution >= 0.6 is 0 Å². The SMILES string of the molecule is O=C(O)Cn1cc(-c2c(C3CCOCC3)n(-c3ccc(F)cc3)c3cc4c(cc23)CN=C4)cn1. The summed E-state index contributed by atoms with van der Waals surface area (Å²) >= 11 is 0. The summed E-state index contributed by atoms with van der Waals surface area (Å²) in [5.74, 6) is -0.994. The Morgan fingerprint density at radius 3 is 2.74 bits per heavy atom. The van der Waals surface area contributed by atoms with E-state index in [2.05, 4.69) is 26.8 Å². The predicted molar refractivity (Wildman–Crippen MR) is 126 cm³/mol. The van der Waals surface area contributed by atoms with Crippen LogP contribution in [0.4, 0.5) is 4.39 Å². The van der Waals surface area contributed by atoms with E-state index in [1.165, 1.54) is 16.8 Å². The number of hydrogen-bond acceptors (Lipinski definition) is 4. The van der Waals surface area contributed by atoms with Crippen molar-refractivity contribution in [2.45, 2.75) is 31.8 Å². The van der Waals surface area contributed by atoms with E-state index in [0.717, 1.165) is 57.4 Å². The maximum absolute atomic E-state index is 13.8. The molecule has 4 aromatic rings. The summed E-state index contributed by atoms with van der Waals surface area (Å²) in [6.07, 6.45) is 7.17. The van der Waals surface area contributed by atoms with Gasteiger partial charge in [-0.3, -0.25) is 14.5 Å². The molecule has 0 atom stereocenters. The van der Waals surface area contributed by atoms with Crippen LogP contribution in [0.2, 0.25) is 0 Å². The number of aliphatic imine (C=N–C) groups is 1. The Morgan fingerprint density at radius 2 is 1.97 bits per heavy atom. The Bertz CT molecular complexity index is 1430. The molecule has 2 aromatic carbocycles. The van der Waals surface area contributed by atoms with Crippen molar-refractivity contribution >= 4 is 23.1 Å². The van der Waals surface area contributed by atoms with Gasteiger partial charge in [0.1, 0.15) is 12.4 Å². The molecule has 2 aliphatic rings. The zero-order valence-corrected chi connectivity index (χ0v) is 18.4. The number of ether oxygens (including phenoxy) is 1. The second kappa shape index (κ2) is 8.22. The van der Waals surface area contributed by atoms with Crippen LogP contribution in [0.15, 0.2) is 53.8 Å². The second-order valence-electron chi connectivity index (χ2n) is 8.82. The molecule has 0 spiro atoms. The van der Waals surface area contributed by atoms with E-state index in [1.54, 1.807) is 24.5 Å². The maximum atomic E-state index is 13.8. The minimum Gasteiger partial charge on any atom is -0.480 e. The summed E-state index contributed by atoms with van der Waals surface area (Å²) in [7, 11) is 0. The first-order valence-electron chi connectivity index (χ1n) is 11.4. The van der Waals surface area contributed by atoms with Gasteiger partial charge in [-0.25, -0.2) is 4.39 Å². The smallest absolute Gasteiger partial charge is 0.325 e. The Labute approximate surface area is 195 Å². The van der Waals surface area contributed by atoms with Crippen LogP contribution in [0.25, 0.3) is 27.7 Å². The Balaban J connectivity index is 1.67. The molecule has 7 nitrogen and oxygen atoms in total. The molecular formula is C26H23FN4O3. The van der Waals surface area contributed by atoms with Crippen LogP contribution in [-0.4, -0.2) is 44.9 Å². The number of benzene rings is 2. The van der Waals surface area contributed by atoms with Crippen molar-refractivity contribution in [3.8, 4) is 16.8 Å². The molecule has 0 radical (unpaired) electrons. The number of hydrogen-bond donors (Lipinski definition) is 1. The van der Waals surface area contributed by atoms with E-state index in [1.807, 2.05) is 6.21 Å². The average molecular weight is 458 g/mol. The zero-order chi connectivity index (χ0) is 23.2. The summed E-state index contributed by atoms with van der Waals surface area (Å²) in [6, 6.07) is 10.9. The first-order valence-corrected chi connectivity index (χ1v) is 11.4. The van der Waals surface area contributed by atoms with E-state index < -0.39 is 5.97 Å². The standard InChI is InChI=1S/C26H23FN4O3/c27-20-1-3-21(4-2-20)31-23-10-18-12-28-11-17(18)9-22(23)25(26(31)16-5-7-34-8-6-16)19-13-29-30(14-19)15-24(32)33/h1-4,9-10,12-14,16H,5-8,11,15H2,(H,32,33). The molecule has 0 aliphatic carbocycles. The fourth-order valence-corrected chi connectivity index (χ4v) is 5.16. The third kappa shape index (κ3) is 3.51. The van der Waals surface area contributed by atoms with Crippen LogP contribution < -0.4 is 0 Å². The number of rotatable bonds is 5. The molecule has 6 rings (SSSR count). The zero-order valence-electron chi connectivity index (χ0n) is 18.4. The lowest BCUT2D eigenvalue weighted by molar-refractivity contribution is -0.137. The fraction of sp³-hybridized carbons (Fsp3) is 0.269. The fourth-order valence-electron chi connectivity index (χ4n) is 5.16. The first kappa shape index (κ1) is 20.8. The second-order valence-corrected chi connectivity index (χ2v) is 8.82. The highest BCUT2D eigenvalue weighted by molar-refractivity contribution is 6.03. The molecule has 172 valence electrons. The van der Waals surface area contributed by atoms with Crippen molar-refractivity contribution in [2.75, 3.05) is 13.2 Å². The third-order valence-corrected chi connectivity index (χ3v) is 6.67. The number of carboxylic acids is 1. The molecular weight excluding hydrogens is 435 g/mol. The van der Waals surface area contributed by atoms with E-state index >= 15 is 0 Å². The van der Waals surface area contributed by atoms with Gasteiger partial charge in [0.25, 0.3) is 0 Å². The largest absolute Gasteiger partial charge is 0.480 e. The number of halogens is 1. The molecule has 1 fully saturated rings. The van der Waals surface area contributed by atoms with E-state index in [0.29, 0.717) is 19.8 Å². The highest BCUT2D eigenvalue weighted by atomic mass is 19.1. The number of carboxylic acid groups (broad SMARTS) is 1. The van der Waals surface area contributed by atoms with Crippen molar-refractivity contribution < 1.29 is 19.0 Å². The molecule has 8 heteroatoms. The molecule has 34 heavy (non-hydrogen) atoms. The molecule has 0 amide bonds. The summed E-state index contributed by atoms with van der Waals surface area (Å²) in [5.41, 5.74) is 7.17. The van der Waals surface area contributed by atoms with Gasteiger partial charge in [0, 0.05) is 59.4 Å². The molecule has 0 unspecified atom stereocenters. The highest BCUT2D eigenvalue weighted by Crippen LogP contribution is 2.44. The maximum Gasteiger partial charge on any atom is 0.325 e. The van der Waals surface area contributed by atoms with Gasteiger partial charge in [-0.05, 0) is 60.4 Å². The van der Waals surface area contributed by atoms with E-state index in [9.17, 15) is 14.3 Å². The lowest BCUT2D eigenvalue weighted by Crippen LogP contribution is -2.17. The van der Waals surface area contributed by atoms with Gasteiger partial charge in [-0.15, -0.1) is 0 Å². The number of fused-ring (bicyclic) bond motifs is 2. The number of aliphatic carboxylic acids is 1. The van der Waals surface area contributed by atoms with E-state index in [4.69, 9.17) is 4.74 Å². The van der Waals surface area contributed by atoms with Crippen molar-refractivity contribution in [2.24, 2.45) is 4.99 Å². The summed E-state index contributed by atoms with van der Waals surface area (Å²) in [4.78, 5) is 15.7. The van der Waals surface area contributed by atoms with Gasteiger partial charge in [0.2, 0.25) is 0 Å². The van der Waals surface area contributed by atoms with Gasteiger partial charge in [0.05, 0.1) is 18.3 Å². The summed E-state index contributed by atoms with van der Waals surface area (Å²) in [6.45, 7) is 1.79. The molecule has 1 saturated heterocycles. The predicted octanol–water partition coefficient (Wildman–Crippen LogP) is 4.54. The lowest BCUT2D eigenvalue weighted by Gasteiger charge is -2.25. The minimum absolute atomic E-state index is 0.202. The van der Waals surface area contributed by atoms with Crippen LogP contribution in [0.5, 0.6) is 0 Å². The Hall–Kier alpha value is -3.78. The topological polar surface area (TPSA) is 81.6 Å². The number of nitrogens with zero attached hydrogens (tertiary/aromatic N) is 4. The Kier molecular flexibility index (Phi) is 5.03. The van der Waals surface area contributed by atoms with Crippen molar-refractivity contribution in [3.63, 3.8) is 0 Å². The van der Waals surface area contributed by atoms with Gasteiger partial charge in [0.15, 0.2) is 0 Å². The van der Waals surface area contributed by atoms with Crippen molar-refractivity contribution in [1.82, 2.24) is 14.3 Å². The van der Waals surface area contributed by atoms with E-state index in [-0.39, 0.29) is 18.3 Å². The van der Waals surface area contributed by atoms with Crippen LogP contribution in [0.1, 0.15) is 35.6 Å². The van der Waals surface area contributed by atoms with Crippen molar-refractivity contribution in [1.29, 1.82) is 0 Å². The van der Waals surface area contributed by atoms with Gasteiger partial charge in [-0.1, -0.05) is 0 Å². The van der Waals surface area contributed by atoms with Crippen molar-refractivity contribution in [3.05, 3.63) is 71.4 Å². The highest BCUT2D eigenvalue weighted by Gasteiger charge is 2.29. The number of aromatic nitrogens is 3. The number of carbonyl (C=O) groups is 1. The average Bonchev–Trinajstić information content (AvgIpc) is 3.55. The van der Waals surface area contributed by atoms with Gasteiger partial charge >= 0.3 is 5.97 Å². The van der Waals surface area contributed by atoms with Crippen LogP contribution in [0, 0.1) is 5.82 Å². The molecule has 4 heterocycles. The molecule has 0 bridgehead atoms. The third-order valence-electron chi connectivity index (χ3n) is 6.67. The molecule has 1 N–H and O–H groups in total. The molecule has 0 saturated carbocycles. The molecule has 2 aromatic heterocycles. The van der Waals surface area contributed by atoms with Crippen LogP contribution in [0.3, 0.4) is 0 Å². The Morgan fingerprint density at radius 1 is 1.18 bits per heavy atom. The first-order chi connectivity index (χ1) is 16.6.